The van der Waals surface area contributed by atoms with Crippen LogP contribution in [0.2, 0.25) is 0 Å². The third kappa shape index (κ3) is 4.60. The van der Waals surface area contributed by atoms with Crippen molar-refractivity contribution in [1.29, 1.82) is 0 Å². The maximum absolute atomic E-state index is 12.8. The molecule has 2 aliphatic rings. The van der Waals surface area contributed by atoms with Gasteiger partial charge in [0.25, 0.3) is 0 Å². The summed E-state index contributed by atoms with van der Waals surface area (Å²) in [5.41, 5.74) is 0. The summed E-state index contributed by atoms with van der Waals surface area (Å²) in [6, 6.07) is 0. The third-order valence-electron chi connectivity index (χ3n) is 5.78. The van der Waals surface area contributed by atoms with E-state index in [0.717, 1.165) is 50.5 Å². The number of hydrogen-bond acceptors (Lipinski definition) is 4. The molecule has 0 bridgehead atoms. The van der Waals surface area contributed by atoms with Gasteiger partial charge in [0.2, 0.25) is 5.91 Å². The van der Waals surface area contributed by atoms with E-state index < -0.39 is 0 Å². The molecule has 6 nitrogen and oxygen atoms in total. The molecular weight excluding hydrogens is 314 g/mol. The molecule has 1 aliphatic carbocycles. The Bertz CT molecular complexity index is 576. The number of carbonyl (C=O) groups excluding carboxylic acids is 1. The van der Waals surface area contributed by atoms with E-state index in [-0.39, 0.29) is 0 Å². The number of piperidine rings is 1. The van der Waals surface area contributed by atoms with Gasteiger partial charge in [0, 0.05) is 32.5 Å². The molecule has 0 radical (unpaired) electrons. The highest BCUT2D eigenvalue weighted by Crippen LogP contribution is 2.30. The van der Waals surface area contributed by atoms with Gasteiger partial charge in [-0.3, -0.25) is 4.79 Å². The van der Waals surface area contributed by atoms with E-state index in [0.29, 0.717) is 17.7 Å². The van der Waals surface area contributed by atoms with Crippen LogP contribution < -0.4 is 0 Å². The van der Waals surface area contributed by atoms with Crippen molar-refractivity contribution in [2.45, 2.75) is 63.8 Å². The van der Waals surface area contributed by atoms with Crippen molar-refractivity contribution >= 4 is 5.91 Å². The van der Waals surface area contributed by atoms with Crippen LogP contribution in [0.25, 0.3) is 0 Å². The van der Waals surface area contributed by atoms with E-state index in [1.54, 1.807) is 0 Å². The Morgan fingerprint density at radius 3 is 2.60 bits per heavy atom. The highest BCUT2D eigenvalue weighted by Gasteiger charge is 2.29. The number of amides is 1. The highest BCUT2D eigenvalue weighted by atomic mass is 16.2. The van der Waals surface area contributed by atoms with Gasteiger partial charge < -0.3 is 14.4 Å². The molecule has 1 aromatic rings. The van der Waals surface area contributed by atoms with E-state index in [2.05, 4.69) is 31.6 Å². The molecule has 6 heteroatoms. The van der Waals surface area contributed by atoms with Gasteiger partial charge in [0.1, 0.15) is 11.6 Å². The summed E-state index contributed by atoms with van der Waals surface area (Å²) < 4.78 is 2.12. The minimum atomic E-state index is 0.317. The lowest BCUT2D eigenvalue weighted by molar-refractivity contribution is -0.133. The summed E-state index contributed by atoms with van der Waals surface area (Å²) in [6.45, 7) is 2.50. The normalized spacial score (nSPS) is 22.6. The minimum absolute atomic E-state index is 0.317. The maximum Gasteiger partial charge on any atom is 0.222 e. The molecule has 1 saturated heterocycles. The third-order valence-corrected chi connectivity index (χ3v) is 5.78. The number of rotatable bonds is 5. The van der Waals surface area contributed by atoms with E-state index >= 15 is 0 Å². The first-order valence-corrected chi connectivity index (χ1v) is 9.85. The van der Waals surface area contributed by atoms with Crippen LogP contribution in [0.3, 0.4) is 0 Å². The van der Waals surface area contributed by atoms with Gasteiger partial charge in [-0.05, 0) is 45.7 Å². The summed E-state index contributed by atoms with van der Waals surface area (Å²) >= 11 is 0. The van der Waals surface area contributed by atoms with Crippen molar-refractivity contribution < 1.29 is 4.79 Å². The average molecular weight is 348 g/mol. The van der Waals surface area contributed by atoms with Crippen LogP contribution >= 0.6 is 0 Å². The molecule has 1 atom stereocenters. The molecule has 140 valence electrons. The molecule has 1 amide bonds. The Hall–Kier alpha value is -1.43. The fourth-order valence-electron chi connectivity index (χ4n) is 4.33. The van der Waals surface area contributed by atoms with E-state index in [1.807, 2.05) is 14.1 Å². The summed E-state index contributed by atoms with van der Waals surface area (Å²) in [5.74, 6) is 3.31. The predicted molar refractivity (Wildman–Crippen MR) is 98.1 cm³/mol. The number of carbonyl (C=O) groups is 1. The van der Waals surface area contributed by atoms with Crippen LogP contribution in [0.5, 0.6) is 0 Å². The van der Waals surface area contributed by atoms with Crippen molar-refractivity contribution in [2.24, 2.45) is 13.0 Å². The zero-order chi connectivity index (χ0) is 17.8. The maximum atomic E-state index is 12.8. The molecule has 1 saturated carbocycles. The van der Waals surface area contributed by atoms with Gasteiger partial charge in [0.15, 0.2) is 0 Å². The molecule has 1 aromatic heterocycles. The lowest BCUT2D eigenvalue weighted by Crippen LogP contribution is -2.40. The smallest absolute Gasteiger partial charge is 0.222 e. The second kappa shape index (κ2) is 8.30. The molecule has 2 fully saturated rings. The van der Waals surface area contributed by atoms with Gasteiger partial charge in [-0.1, -0.05) is 19.3 Å². The Morgan fingerprint density at radius 2 is 1.88 bits per heavy atom. The van der Waals surface area contributed by atoms with Gasteiger partial charge in [0.05, 0.1) is 6.54 Å². The van der Waals surface area contributed by atoms with E-state index in [1.165, 1.54) is 32.1 Å². The fraction of sp³-hybridized carbons (Fsp3) is 0.842. The van der Waals surface area contributed by atoms with Crippen molar-refractivity contribution in [2.75, 3.05) is 27.2 Å². The lowest BCUT2D eigenvalue weighted by atomic mass is 9.86. The molecule has 0 spiro atoms. The largest absolute Gasteiger partial charge is 0.342 e. The first kappa shape index (κ1) is 18.4. The quantitative estimate of drug-likeness (QED) is 0.821. The first-order chi connectivity index (χ1) is 12.0. The van der Waals surface area contributed by atoms with E-state index in [4.69, 9.17) is 0 Å². The SMILES string of the molecule is CN(C)Cc1nnc([C@H]2CCCN(C(=O)CC3CCCCC3)C2)n1C. The number of hydrogen-bond donors (Lipinski definition) is 0. The summed E-state index contributed by atoms with van der Waals surface area (Å²) in [5, 5.41) is 8.81. The summed E-state index contributed by atoms with van der Waals surface area (Å²) in [7, 11) is 6.14. The van der Waals surface area contributed by atoms with Crippen LogP contribution in [0, 0.1) is 5.92 Å². The summed E-state index contributed by atoms with van der Waals surface area (Å²) in [6.07, 6.45) is 9.33. The number of aromatic nitrogens is 3. The second-order valence-electron chi connectivity index (χ2n) is 8.16. The highest BCUT2D eigenvalue weighted by molar-refractivity contribution is 5.76. The Morgan fingerprint density at radius 1 is 1.12 bits per heavy atom. The number of likely N-dealkylation sites (tertiary alicyclic amines) is 1. The topological polar surface area (TPSA) is 54.3 Å². The van der Waals surface area contributed by atoms with Crippen molar-refractivity contribution in [3.8, 4) is 0 Å². The molecule has 0 unspecified atom stereocenters. The Labute approximate surface area is 151 Å². The van der Waals surface area contributed by atoms with Gasteiger partial charge in [-0.2, -0.15) is 0 Å². The molecule has 2 heterocycles. The molecular formula is C19H33N5O. The molecule has 3 rings (SSSR count). The monoisotopic (exact) mass is 347 g/mol. The molecule has 25 heavy (non-hydrogen) atoms. The lowest BCUT2D eigenvalue weighted by Gasteiger charge is -2.33. The van der Waals surface area contributed by atoms with Crippen LogP contribution in [-0.4, -0.2) is 57.7 Å². The van der Waals surface area contributed by atoms with Crippen molar-refractivity contribution in [3.05, 3.63) is 11.6 Å². The van der Waals surface area contributed by atoms with Gasteiger partial charge in [-0.25, -0.2) is 0 Å². The first-order valence-electron chi connectivity index (χ1n) is 9.85. The number of nitrogens with zero attached hydrogens (tertiary/aromatic N) is 5. The zero-order valence-electron chi connectivity index (χ0n) is 16.1. The fourth-order valence-corrected chi connectivity index (χ4v) is 4.33. The van der Waals surface area contributed by atoms with Gasteiger partial charge >= 0.3 is 0 Å². The van der Waals surface area contributed by atoms with Crippen LogP contribution in [-0.2, 0) is 18.4 Å². The average Bonchev–Trinajstić information content (AvgIpc) is 2.96. The zero-order valence-corrected chi connectivity index (χ0v) is 16.1. The van der Waals surface area contributed by atoms with Crippen molar-refractivity contribution in [1.82, 2.24) is 24.6 Å². The van der Waals surface area contributed by atoms with Crippen LogP contribution in [0.15, 0.2) is 0 Å². The van der Waals surface area contributed by atoms with Crippen molar-refractivity contribution in [3.63, 3.8) is 0 Å². The molecule has 0 aromatic carbocycles. The molecule has 1 aliphatic heterocycles. The standard InChI is InChI=1S/C19H33N5O/c1-22(2)14-17-20-21-19(23(17)3)16-10-7-11-24(13-16)18(25)12-15-8-5-4-6-9-15/h15-16H,4-14H2,1-3H3/t16-/m0/s1. The predicted octanol–water partition coefficient (Wildman–Crippen LogP) is 2.55. The van der Waals surface area contributed by atoms with Crippen LogP contribution in [0.1, 0.15) is 68.9 Å². The molecule has 0 N–H and O–H groups in total. The Balaban J connectivity index is 1.60. The summed E-state index contributed by atoms with van der Waals surface area (Å²) in [4.78, 5) is 16.9. The Kier molecular flexibility index (Phi) is 6.10. The second-order valence-corrected chi connectivity index (χ2v) is 8.16. The minimum Gasteiger partial charge on any atom is -0.342 e. The van der Waals surface area contributed by atoms with E-state index in [9.17, 15) is 4.79 Å². The van der Waals surface area contributed by atoms with Gasteiger partial charge in [-0.15, -0.1) is 10.2 Å². The van der Waals surface area contributed by atoms with Crippen LogP contribution in [0.4, 0.5) is 0 Å².